The van der Waals surface area contributed by atoms with Crippen LogP contribution in [0.4, 0.5) is 0 Å². The molecule has 3 rings (SSSR count). The fraction of sp³-hybridized carbons (Fsp3) is 0.0667. The lowest BCUT2D eigenvalue weighted by Crippen LogP contribution is -1.89. The Morgan fingerprint density at radius 2 is 1.90 bits per heavy atom. The standard InChI is InChI=1S/C15H10BBrN2O/c16-9-12-14(11-6-7-18-13(17)8-11)15(20-19-12)10-4-2-1-3-5-10/h1-8H,9H2. The molecular weight excluding hydrogens is 315 g/mol. The Morgan fingerprint density at radius 1 is 1.10 bits per heavy atom. The number of aromatic nitrogens is 2. The van der Waals surface area contributed by atoms with Crippen molar-refractivity contribution < 1.29 is 4.52 Å². The fourth-order valence-electron chi connectivity index (χ4n) is 2.10. The Morgan fingerprint density at radius 3 is 2.60 bits per heavy atom. The third-order valence-electron chi connectivity index (χ3n) is 3.01. The van der Waals surface area contributed by atoms with Crippen molar-refractivity contribution in [3.8, 4) is 22.5 Å². The lowest BCUT2D eigenvalue weighted by atomic mass is 9.93. The summed E-state index contributed by atoms with van der Waals surface area (Å²) in [4.78, 5) is 4.14. The van der Waals surface area contributed by atoms with Gasteiger partial charge in [-0.3, -0.25) is 0 Å². The summed E-state index contributed by atoms with van der Waals surface area (Å²) in [5.41, 5.74) is 3.61. The molecule has 0 aliphatic rings. The van der Waals surface area contributed by atoms with Gasteiger partial charge in [0.15, 0.2) is 5.76 Å². The van der Waals surface area contributed by atoms with Gasteiger partial charge in [0.05, 0.1) is 19.1 Å². The topological polar surface area (TPSA) is 38.9 Å². The molecular formula is C15H10BBrN2O. The minimum atomic E-state index is 0.325. The van der Waals surface area contributed by atoms with Gasteiger partial charge in [-0.25, -0.2) is 4.98 Å². The molecule has 3 nitrogen and oxygen atoms in total. The SMILES string of the molecule is [B]Cc1noc(-c2ccccc2)c1-c1ccnc(Br)c1. The van der Waals surface area contributed by atoms with Crippen LogP contribution in [0.5, 0.6) is 0 Å². The molecule has 0 aliphatic carbocycles. The average molecular weight is 325 g/mol. The molecule has 2 heterocycles. The van der Waals surface area contributed by atoms with Crippen molar-refractivity contribution in [3.63, 3.8) is 0 Å². The van der Waals surface area contributed by atoms with E-state index >= 15 is 0 Å². The van der Waals surface area contributed by atoms with Crippen molar-refractivity contribution in [2.45, 2.75) is 6.32 Å². The van der Waals surface area contributed by atoms with E-state index in [4.69, 9.17) is 12.4 Å². The highest BCUT2D eigenvalue weighted by Gasteiger charge is 2.18. The molecule has 0 aliphatic heterocycles. The molecule has 96 valence electrons. The molecule has 0 spiro atoms. The number of pyridine rings is 1. The van der Waals surface area contributed by atoms with Gasteiger partial charge in [0, 0.05) is 11.8 Å². The van der Waals surface area contributed by atoms with Gasteiger partial charge >= 0.3 is 0 Å². The lowest BCUT2D eigenvalue weighted by molar-refractivity contribution is 0.426. The zero-order valence-electron chi connectivity index (χ0n) is 10.6. The van der Waals surface area contributed by atoms with E-state index in [-0.39, 0.29) is 0 Å². The maximum absolute atomic E-state index is 5.77. The molecule has 0 saturated carbocycles. The van der Waals surface area contributed by atoms with Crippen LogP contribution in [0.15, 0.2) is 57.8 Å². The summed E-state index contributed by atoms with van der Waals surface area (Å²) in [5.74, 6) is 0.726. The Bertz CT molecular complexity index is 728. The van der Waals surface area contributed by atoms with E-state index in [2.05, 4.69) is 26.1 Å². The molecule has 20 heavy (non-hydrogen) atoms. The van der Waals surface area contributed by atoms with Crippen LogP contribution in [0.2, 0.25) is 0 Å². The maximum atomic E-state index is 5.77. The molecule has 0 saturated heterocycles. The second-order valence-corrected chi connectivity index (χ2v) is 5.08. The van der Waals surface area contributed by atoms with E-state index in [0.717, 1.165) is 32.7 Å². The van der Waals surface area contributed by atoms with E-state index in [9.17, 15) is 0 Å². The van der Waals surface area contributed by atoms with Crippen molar-refractivity contribution in [1.82, 2.24) is 10.1 Å². The molecule has 2 radical (unpaired) electrons. The van der Waals surface area contributed by atoms with Crippen molar-refractivity contribution in [2.24, 2.45) is 0 Å². The molecule has 0 amide bonds. The van der Waals surface area contributed by atoms with Gasteiger partial charge in [-0.05, 0) is 39.9 Å². The van der Waals surface area contributed by atoms with Crippen LogP contribution >= 0.6 is 15.9 Å². The molecule has 0 atom stereocenters. The summed E-state index contributed by atoms with van der Waals surface area (Å²) in [6.45, 7) is 0. The van der Waals surface area contributed by atoms with Crippen LogP contribution in [0.1, 0.15) is 5.69 Å². The van der Waals surface area contributed by atoms with Crippen LogP contribution in [0.3, 0.4) is 0 Å². The molecule has 5 heteroatoms. The molecule has 2 aromatic heterocycles. The first-order valence-electron chi connectivity index (χ1n) is 6.15. The van der Waals surface area contributed by atoms with Crippen molar-refractivity contribution in [1.29, 1.82) is 0 Å². The predicted octanol–water partition coefficient (Wildman–Crippen LogP) is 3.83. The van der Waals surface area contributed by atoms with Gasteiger partial charge in [-0.1, -0.05) is 35.5 Å². The molecule has 0 unspecified atom stereocenters. The summed E-state index contributed by atoms with van der Waals surface area (Å²) in [6.07, 6.45) is 2.06. The number of halogens is 1. The second kappa shape index (κ2) is 5.63. The quantitative estimate of drug-likeness (QED) is 0.543. The van der Waals surface area contributed by atoms with Gasteiger partial charge < -0.3 is 4.52 Å². The zero-order chi connectivity index (χ0) is 13.9. The maximum Gasteiger partial charge on any atom is 0.174 e. The first-order chi connectivity index (χ1) is 9.79. The minimum Gasteiger partial charge on any atom is -0.355 e. The van der Waals surface area contributed by atoms with E-state index < -0.39 is 0 Å². The van der Waals surface area contributed by atoms with E-state index in [1.807, 2.05) is 42.5 Å². The normalized spacial score (nSPS) is 10.7. The summed E-state index contributed by atoms with van der Waals surface area (Å²) in [5, 5.41) is 4.08. The van der Waals surface area contributed by atoms with E-state index in [1.165, 1.54) is 0 Å². The van der Waals surface area contributed by atoms with Crippen LogP contribution in [0, 0.1) is 0 Å². The minimum absolute atomic E-state index is 0.325. The summed E-state index contributed by atoms with van der Waals surface area (Å²) < 4.78 is 6.26. The number of hydrogen-bond acceptors (Lipinski definition) is 3. The molecule has 0 bridgehead atoms. The average Bonchev–Trinajstić information content (AvgIpc) is 2.92. The fourth-order valence-corrected chi connectivity index (χ4v) is 2.47. The summed E-state index contributed by atoms with van der Waals surface area (Å²) in [6, 6.07) is 13.7. The first kappa shape index (κ1) is 13.1. The van der Waals surface area contributed by atoms with Crippen LogP contribution < -0.4 is 0 Å². The second-order valence-electron chi connectivity index (χ2n) is 4.27. The molecule has 0 fully saturated rings. The Hall–Kier alpha value is -1.88. The Balaban J connectivity index is 2.21. The van der Waals surface area contributed by atoms with Gasteiger partial charge in [0.1, 0.15) is 4.60 Å². The lowest BCUT2D eigenvalue weighted by Gasteiger charge is -2.04. The highest BCUT2D eigenvalue weighted by atomic mass is 79.9. The predicted molar refractivity (Wildman–Crippen MR) is 82.3 cm³/mol. The zero-order valence-corrected chi connectivity index (χ0v) is 12.2. The highest BCUT2D eigenvalue weighted by Crippen LogP contribution is 2.35. The third kappa shape index (κ3) is 2.41. The smallest absolute Gasteiger partial charge is 0.174 e. The van der Waals surface area contributed by atoms with Gasteiger partial charge in [0.2, 0.25) is 0 Å². The van der Waals surface area contributed by atoms with E-state index in [0.29, 0.717) is 6.32 Å². The highest BCUT2D eigenvalue weighted by molar-refractivity contribution is 9.10. The van der Waals surface area contributed by atoms with Gasteiger partial charge in [-0.15, -0.1) is 0 Å². The third-order valence-corrected chi connectivity index (χ3v) is 3.44. The molecule has 1 aromatic carbocycles. The van der Waals surface area contributed by atoms with Crippen molar-refractivity contribution in [2.75, 3.05) is 0 Å². The van der Waals surface area contributed by atoms with Crippen LogP contribution in [-0.2, 0) is 6.32 Å². The number of benzene rings is 1. The Kier molecular flexibility index (Phi) is 3.69. The summed E-state index contributed by atoms with van der Waals surface area (Å²) >= 11 is 3.38. The Labute approximate surface area is 126 Å². The van der Waals surface area contributed by atoms with Crippen molar-refractivity contribution >= 4 is 23.8 Å². The molecule has 0 N–H and O–H groups in total. The molecule has 3 aromatic rings. The first-order valence-corrected chi connectivity index (χ1v) is 6.95. The van der Waals surface area contributed by atoms with Crippen LogP contribution in [0.25, 0.3) is 22.5 Å². The number of rotatable bonds is 3. The van der Waals surface area contributed by atoms with Crippen molar-refractivity contribution in [3.05, 3.63) is 59.0 Å². The monoisotopic (exact) mass is 324 g/mol. The number of nitrogens with zero attached hydrogens (tertiary/aromatic N) is 2. The van der Waals surface area contributed by atoms with Gasteiger partial charge in [0.25, 0.3) is 0 Å². The summed E-state index contributed by atoms with van der Waals surface area (Å²) in [7, 11) is 5.77. The van der Waals surface area contributed by atoms with Crippen LogP contribution in [-0.4, -0.2) is 18.0 Å². The van der Waals surface area contributed by atoms with Gasteiger partial charge in [-0.2, -0.15) is 0 Å². The number of hydrogen-bond donors (Lipinski definition) is 0. The largest absolute Gasteiger partial charge is 0.355 e. The van der Waals surface area contributed by atoms with E-state index in [1.54, 1.807) is 6.20 Å².